The van der Waals surface area contributed by atoms with E-state index < -0.39 is 6.10 Å². The van der Waals surface area contributed by atoms with E-state index in [0.717, 1.165) is 18.8 Å². The van der Waals surface area contributed by atoms with Crippen LogP contribution in [0.25, 0.3) is 0 Å². The Kier molecular flexibility index (Phi) is 6.50. The van der Waals surface area contributed by atoms with E-state index in [1.807, 2.05) is 0 Å². The van der Waals surface area contributed by atoms with Crippen molar-refractivity contribution in [2.45, 2.75) is 59.5 Å². The third-order valence-corrected chi connectivity index (χ3v) is 3.90. The molecule has 0 bridgehead atoms. The molecule has 2 atom stereocenters. The Balaban J connectivity index is 3.06. The van der Waals surface area contributed by atoms with Crippen molar-refractivity contribution >= 4 is 0 Å². The van der Waals surface area contributed by atoms with Crippen LogP contribution in [0.4, 0.5) is 0 Å². The molecule has 0 aliphatic carbocycles. The Morgan fingerprint density at radius 1 is 1.20 bits per heavy atom. The van der Waals surface area contributed by atoms with Gasteiger partial charge in [-0.1, -0.05) is 13.8 Å². The first-order valence-electron chi connectivity index (χ1n) is 7.44. The minimum Gasteiger partial charge on any atom is -0.493 e. The second kappa shape index (κ2) is 7.65. The van der Waals surface area contributed by atoms with E-state index in [4.69, 9.17) is 9.84 Å². The summed E-state index contributed by atoms with van der Waals surface area (Å²) < 4.78 is 5.80. The molecule has 0 amide bonds. The van der Waals surface area contributed by atoms with Crippen LogP contribution in [0.15, 0.2) is 6.07 Å². The zero-order chi connectivity index (χ0) is 15.3. The largest absolute Gasteiger partial charge is 0.493 e. The molecule has 0 saturated heterocycles. The van der Waals surface area contributed by atoms with Crippen molar-refractivity contribution in [3.05, 3.63) is 28.3 Å². The van der Waals surface area contributed by atoms with Crippen molar-refractivity contribution < 1.29 is 14.9 Å². The van der Waals surface area contributed by atoms with Gasteiger partial charge in [-0.25, -0.2) is 0 Å². The van der Waals surface area contributed by atoms with Gasteiger partial charge in [0.25, 0.3) is 0 Å². The lowest BCUT2D eigenvalue weighted by atomic mass is 9.86. The second-order valence-electron chi connectivity index (χ2n) is 5.68. The standard InChI is InChI=1S/C17H28O3/c1-6-7-20-16-9-12(3)17(14(5)13(16)4)11(2)8-15(19)10-18/h9,11,15,18-19H,6-8,10H2,1-5H3. The lowest BCUT2D eigenvalue weighted by molar-refractivity contribution is 0.0834. The van der Waals surface area contributed by atoms with Crippen LogP contribution in [0.3, 0.4) is 0 Å². The molecular weight excluding hydrogens is 252 g/mol. The molecule has 2 N–H and O–H groups in total. The van der Waals surface area contributed by atoms with Crippen molar-refractivity contribution in [2.24, 2.45) is 0 Å². The van der Waals surface area contributed by atoms with E-state index in [1.54, 1.807) is 0 Å². The number of aliphatic hydroxyl groups is 2. The molecule has 0 fully saturated rings. The molecule has 2 unspecified atom stereocenters. The molecule has 0 heterocycles. The molecule has 0 radical (unpaired) electrons. The predicted molar refractivity (Wildman–Crippen MR) is 82.6 cm³/mol. The SMILES string of the molecule is CCCOc1cc(C)c(C(C)CC(O)CO)c(C)c1C. The molecule has 1 rings (SSSR count). The van der Waals surface area contributed by atoms with Crippen molar-refractivity contribution in [3.63, 3.8) is 0 Å². The van der Waals surface area contributed by atoms with Crippen LogP contribution < -0.4 is 4.74 Å². The number of rotatable bonds is 7. The van der Waals surface area contributed by atoms with Gasteiger partial charge in [0.2, 0.25) is 0 Å². The lowest BCUT2D eigenvalue weighted by Gasteiger charge is -2.23. The van der Waals surface area contributed by atoms with Crippen LogP contribution in [-0.4, -0.2) is 29.5 Å². The number of aliphatic hydroxyl groups excluding tert-OH is 2. The smallest absolute Gasteiger partial charge is 0.122 e. The summed E-state index contributed by atoms with van der Waals surface area (Å²) in [5.74, 6) is 1.18. The average molecular weight is 280 g/mol. The van der Waals surface area contributed by atoms with Gasteiger partial charge in [0.05, 0.1) is 19.3 Å². The van der Waals surface area contributed by atoms with E-state index in [1.165, 1.54) is 22.3 Å². The molecule has 0 aromatic heterocycles. The minimum atomic E-state index is -0.653. The molecule has 114 valence electrons. The molecule has 0 saturated carbocycles. The number of ether oxygens (including phenoxy) is 1. The zero-order valence-electron chi connectivity index (χ0n) is 13.4. The molecule has 3 heteroatoms. The fourth-order valence-corrected chi connectivity index (χ4v) is 2.79. The maximum absolute atomic E-state index is 9.64. The predicted octanol–water partition coefficient (Wildman–Crippen LogP) is 3.25. The van der Waals surface area contributed by atoms with Gasteiger partial charge in [-0.15, -0.1) is 0 Å². The quantitative estimate of drug-likeness (QED) is 0.806. The summed E-state index contributed by atoms with van der Waals surface area (Å²) in [5, 5.41) is 18.6. The monoisotopic (exact) mass is 280 g/mol. The summed E-state index contributed by atoms with van der Waals surface area (Å²) in [5.41, 5.74) is 4.86. The Hall–Kier alpha value is -1.06. The minimum absolute atomic E-state index is 0.181. The third-order valence-electron chi connectivity index (χ3n) is 3.90. The molecule has 20 heavy (non-hydrogen) atoms. The normalized spacial score (nSPS) is 14.2. The fourth-order valence-electron chi connectivity index (χ4n) is 2.79. The average Bonchev–Trinajstić information content (AvgIpc) is 2.41. The summed E-state index contributed by atoms with van der Waals surface area (Å²) in [4.78, 5) is 0. The van der Waals surface area contributed by atoms with Gasteiger partial charge in [0.1, 0.15) is 5.75 Å². The maximum atomic E-state index is 9.64. The first-order valence-corrected chi connectivity index (χ1v) is 7.44. The van der Waals surface area contributed by atoms with Crippen LogP contribution in [0.5, 0.6) is 5.75 Å². The highest BCUT2D eigenvalue weighted by molar-refractivity contribution is 5.49. The Labute approximate surface area is 122 Å². The third kappa shape index (κ3) is 3.97. The number of hydrogen-bond donors (Lipinski definition) is 2. The van der Waals surface area contributed by atoms with E-state index in [-0.39, 0.29) is 12.5 Å². The van der Waals surface area contributed by atoms with Crippen molar-refractivity contribution in [2.75, 3.05) is 13.2 Å². The van der Waals surface area contributed by atoms with Gasteiger partial charge in [-0.3, -0.25) is 0 Å². The highest BCUT2D eigenvalue weighted by atomic mass is 16.5. The molecule has 1 aromatic rings. The zero-order valence-corrected chi connectivity index (χ0v) is 13.4. The van der Waals surface area contributed by atoms with Gasteiger partial charge in [0, 0.05) is 0 Å². The van der Waals surface area contributed by atoms with Gasteiger partial charge in [-0.2, -0.15) is 0 Å². The van der Waals surface area contributed by atoms with E-state index >= 15 is 0 Å². The van der Waals surface area contributed by atoms with Crippen molar-refractivity contribution in [3.8, 4) is 5.75 Å². The summed E-state index contributed by atoms with van der Waals surface area (Å²) in [6.07, 6.45) is 0.922. The van der Waals surface area contributed by atoms with Crippen molar-refractivity contribution in [1.29, 1.82) is 0 Å². The van der Waals surface area contributed by atoms with Crippen molar-refractivity contribution in [1.82, 2.24) is 0 Å². The van der Waals surface area contributed by atoms with Crippen LogP contribution in [-0.2, 0) is 0 Å². The topological polar surface area (TPSA) is 49.7 Å². The molecule has 0 spiro atoms. The number of aryl methyl sites for hydroxylation is 1. The number of benzene rings is 1. The summed E-state index contributed by atoms with van der Waals surface area (Å²) in [6, 6.07) is 2.09. The van der Waals surface area contributed by atoms with Crippen LogP contribution in [0, 0.1) is 20.8 Å². The van der Waals surface area contributed by atoms with Gasteiger partial charge in [-0.05, 0) is 67.9 Å². The maximum Gasteiger partial charge on any atom is 0.122 e. The van der Waals surface area contributed by atoms with Crippen LogP contribution in [0.1, 0.15) is 54.9 Å². The van der Waals surface area contributed by atoms with Gasteiger partial charge in [0.15, 0.2) is 0 Å². The fraction of sp³-hybridized carbons (Fsp3) is 0.647. The highest BCUT2D eigenvalue weighted by Gasteiger charge is 2.18. The van der Waals surface area contributed by atoms with E-state index in [9.17, 15) is 5.11 Å². The summed E-state index contributed by atoms with van der Waals surface area (Å²) in [6.45, 7) is 11.0. The molecule has 0 aliphatic heterocycles. The van der Waals surface area contributed by atoms with Gasteiger partial charge >= 0.3 is 0 Å². The Morgan fingerprint density at radius 2 is 1.85 bits per heavy atom. The van der Waals surface area contributed by atoms with Gasteiger partial charge < -0.3 is 14.9 Å². The lowest BCUT2D eigenvalue weighted by Crippen LogP contribution is -2.16. The van der Waals surface area contributed by atoms with E-state index in [0.29, 0.717) is 6.42 Å². The van der Waals surface area contributed by atoms with E-state index in [2.05, 4.69) is 40.7 Å². The Bertz CT molecular complexity index is 440. The van der Waals surface area contributed by atoms with Crippen LogP contribution in [0.2, 0.25) is 0 Å². The molecule has 1 aromatic carbocycles. The number of hydrogen-bond acceptors (Lipinski definition) is 3. The Morgan fingerprint density at radius 3 is 2.40 bits per heavy atom. The second-order valence-corrected chi connectivity index (χ2v) is 5.68. The highest BCUT2D eigenvalue weighted by Crippen LogP contribution is 2.34. The first-order chi connectivity index (χ1) is 9.42. The molecule has 0 aliphatic rings. The summed E-state index contributed by atoms with van der Waals surface area (Å²) >= 11 is 0. The molecular formula is C17H28O3. The molecule has 3 nitrogen and oxygen atoms in total. The summed E-state index contributed by atoms with van der Waals surface area (Å²) in [7, 11) is 0. The first kappa shape index (κ1) is 17.0. The van der Waals surface area contributed by atoms with Crippen LogP contribution >= 0.6 is 0 Å².